The molecule has 2 rings (SSSR count). The summed E-state index contributed by atoms with van der Waals surface area (Å²) >= 11 is 1.49. The number of methoxy groups -OCH3 is 1. The van der Waals surface area contributed by atoms with Crippen LogP contribution < -0.4 is 0 Å². The lowest BCUT2D eigenvalue weighted by Crippen LogP contribution is -2.09. The smallest absolute Gasteiger partial charge is 0.173 e. The number of carbonyl (C=O) groups is 1. The van der Waals surface area contributed by atoms with Gasteiger partial charge in [0.05, 0.1) is 18.1 Å². The first-order valence-electron chi connectivity index (χ1n) is 8.22. The Hall–Kier alpha value is -1.59. The summed E-state index contributed by atoms with van der Waals surface area (Å²) in [6.45, 7) is 9.73. The lowest BCUT2D eigenvalue weighted by molar-refractivity contribution is 0.102. The number of nitrogens with zero attached hydrogens (tertiary/aromatic N) is 2. The van der Waals surface area contributed by atoms with Crippen molar-refractivity contribution in [2.75, 3.05) is 19.5 Å². The van der Waals surface area contributed by atoms with Crippen molar-refractivity contribution in [1.29, 1.82) is 0 Å². The van der Waals surface area contributed by atoms with E-state index in [-0.39, 0.29) is 5.78 Å². The number of thioether (sulfide) groups is 1. The van der Waals surface area contributed by atoms with Crippen LogP contribution in [0, 0.1) is 13.8 Å². The van der Waals surface area contributed by atoms with Crippen LogP contribution in [0.25, 0.3) is 0 Å². The molecule has 0 saturated carbocycles. The van der Waals surface area contributed by atoms with Gasteiger partial charge in [0, 0.05) is 24.9 Å². The molecule has 1 aromatic heterocycles. The summed E-state index contributed by atoms with van der Waals surface area (Å²) < 4.78 is 7.29. The second-order valence-electron chi connectivity index (χ2n) is 6.20. The van der Waals surface area contributed by atoms with E-state index in [1.165, 1.54) is 17.3 Å². The van der Waals surface area contributed by atoms with Crippen LogP contribution in [-0.4, -0.2) is 34.8 Å². The van der Waals surface area contributed by atoms with Crippen molar-refractivity contribution < 1.29 is 9.53 Å². The number of carbonyl (C=O) groups excluding carboxylic acids is 1. The summed E-state index contributed by atoms with van der Waals surface area (Å²) in [6, 6.07) is 7.92. The number of benzene rings is 1. The average molecular weight is 346 g/mol. The number of Topliss-reactive ketones (excluding diaryl/α,β-unsaturated/α-hetero) is 1. The third-order valence-corrected chi connectivity index (χ3v) is 5.15. The summed E-state index contributed by atoms with van der Waals surface area (Å²) in [5.41, 5.74) is 4.14. The first-order chi connectivity index (χ1) is 11.4. The van der Waals surface area contributed by atoms with Crippen molar-refractivity contribution in [2.45, 2.75) is 45.3 Å². The Kier molecular flexibility index (Phi) is 6.63. The highest BCUT2D eigenvalue weighted by Crippen LogP contribution is 2.23. The quantitative estimate of drug-likeness (QED) is 0.529. The fraction of sp³-hybridized carbons (Fsp3) is 0.474. The molecule has 0 atom stereocenters. The van der Waals surface area contributed by atoms with Crippen molar-refractivity contribution in [3.05, 3.63) is 46.8 Å². The third-order valence-electron chi connectivity index (χ3n) is 4.17. The summed E-state index contributed by atoms with van der Waals surface area (Å²) in [4.78, 5) is 17.0. The van der Waals surface area contributed by atoms with Crippen LogP contribution in [0.2, 0.25) is 0 Å². The van der Waals surface area contributed by atoms with E-state index in [1.54, 1.807) is 7.11 Å². The molecule has 0 amide bonds. The standard InChI is InChI=1S/C19H26N2O2S/c1-13(2)16-6-8-17(9-7-16)18(22)12-24-19-20-14(3)15(4)21(19)10-11-23-5/h6-9,13H,10-12H2,1-5H3. The molecule has 24 heavy (non-hydrogen) atoms. The van der Waals surface area contributed by atoms with Crippen molar-refractivity contribution >= 4 is 17.5 Å². The number of rotatable bonds is 8. The van der Waals surface area contributed by atoms with Gasteiger partial charge in [0.1, 0.15) is 0 Å². The topological polar surface area (TPSA) is 44.1 Å². The van der Waals surface area contributed by atoms with Gasteiger partial charge < -0.3 is 9.30 Å². The molecule has 0 spiro atoms. The monoisotopic (exact) mass is 346 g/mol. The zero-order chi connectivity index (χ0) is 17.7. The van der Waals surface area contributed by atoms with Gasteiger partial charge in [-0.2, -0.15) is 0 Å². The largest absolute Gasteiger partial charge is 0.383 e. The Morgan fingerprint density at radius 2 is 1.92 bits per heavy atom. The second-order valence-corrected chi connectivity index (χ2v) is 7.14. The maximum atomic E-state index is 12.4. The molecule has 0 aliphatic rings. The maximum Gasteiger partial charge on any atom is 0.173 e. The average Bonchev–Trinajstić information content (AvgIpc) is 2.85. The lowest BCUT2D eigenvalue weighted by Gasteiger charge is -2.09. The highest BCUT2D eigenvalue weighted by molar-refractivity contribution is 7.99. The summed E-state index contributed by atoms with van der Waals surface area (Å²) in [7, 11) is 1.69. The zero-order valence-corrected chi connectivity index (χ0v) is 15.9. The van der Waals surface area contributed by atoms with Crippen LogP contribution >= 0.6 is 11.8 Å². The first-order valence-corrected chi connectivity index (χ1v) is 9.21. The number of ketones is 1. The van der Waals surface area contributed by atoms with Crippen molar-refractivity contribution in [3.8, 4) is 0 Å². The minimum Gasteiger partial charge on any atom is -0.383 e. The van der Waals surface area contributed by atoms with Crippen LogP contribution in [0.3, 0.4) is 0 Å². The number of aryl methyl sites for hydroxylation is 1. The van der Waals surface area contributed by atoms with Gasteiger partial charge in [0.25, 0.3) is 0 Å². The zero-order valence-electron chi connectivity index (χ0n) is 15.1. The van der Waals surface area contributed by atoms with E-state index in [2.05, 4.69) is 30.3 Å². The highest BCUT2D eigenvalue weighted by atomic mass is 32.2. The molecule has 130 valence electrons. The maximum absolute atomic E-state index is 12.4. The van der Waals surface area contributed by atoms with E-state index in [0.29, 0.717) is 18.3 Å². The summed E-state index contributed by atoms with van der Waals surface area (Å²) in [5.74, 6) is 0.999. The summed E-state index contributed by atoms with van der Waals surface area (Å²) in [5, 5.41) is 0.884. The van der Waals surface area contributed by atoms with Gasteiger partial charge in [0.15, 0.2) is 10.9 Å². The van der Waals surface area contributed by atoms with E-state index in [0.717, 1.165) is 28.7 Å². The third kappa shape index (κ3) is 4.48. The first kappa shape index (κ1) is 18.7. The predicted molar refractivity (Wildman–Crippen MR) is 99.2 cm³/mol. The Bertz CT molecular complexity index is 690. The molecule has 0 bridgehead atoms. The normalized spacial score (nSPS) is 11.2. The Morgan fingerprint density at radius 3 is 2.50 bits per heavy atom. The van der Waals surface area contributed by atoms with E-state index >= 15 is 0 Å². The molecule has 0 N–H and O–H groups in total. The van der Waals surface area contributed by atoms with Crippen LogP contribution in [-0.2, 0) is 11.3 Å². The van der Waals surface area contributed by atoms with Crippen LogP contribution in [0.15, 0.2) is 29.4 Å². The van der Waals surface area contributed by atoms with Gasteiger partial charge >= 0.3 is 0 Å². The van der Waals surface area contributed by atoms with Gasteiger partial charge in [-0.05, 0) is 25.3 Å². The van der Waals surface area contributed by atoms with Gasteiger partial charge in [-0.3, -0.25) is 4.79 Å². The molecule has 1 aromatic carbocycles. The Labute approximate surface area is 148 Å². The van der Waals surface area contributed by atoms with Crippen LogP contribution in [0.4, 0.5) is 0 Å². The van der Waals surface area contributed by atoms with Crippen LogP contribution in [0.1, 0.15) is 47.1 Å². The van der Waals surface area contributed by atoms with Crippen molar-refractivity contribution in [3.63, 3.8) is 0 Å². The molecular weight excluding hydrogens is 320 g/mol. The Morgan fingerprint density at radius 1 is 1.25 bits per heavy atom. The molecule has 1 heterocycles. The fourth-order valence-corrected chi connectivity index (χ4v) is 3.46. The van der Waals surface area contributed by atoms with E-state index in [9.17, 15) is 4.79 Å². The molecule has 2 aromatic rings. The molecule has 0 fully saturated rings. The SMILES string of the molecule is COCCn1c(SCC(=O)c2ccc(C(C)C)cc2)nc(C)c1C. The van der Waals surface area contributed by atoms with Gasteiger partial charge in [0.2, 0.25) is 0 Å². The van der Waals surface area contributed by atoms with Gasteiger partial charge in [-0.1, -0.05) is 49.9 Å². The number of aromatic nitrogens is 2. The molecular formula is C19H26N2O2S. The molecule has 0 unspecified atom stereocenters. The lowest BCUT2D eigenvalue weighted by atomic mass is 10.0. The minimum absolute atomic E-state index is 0.131. The highest BCUT2D eigenvalue weighted by Gasteiger charge is 2.14. The number of hydrogen-bond acceptors (Lipinski definition) is 4. The summed E-state index contributed by atoms with van der Waals surface area (Å²) in [6.07, 6.45) is 0. The van der Waals surface area contributed by atoms with Crippen LogP contribution in [0.5, 0.6) is 0 Å². The molecule has 4 nitrogen and oxygen atoms in total. The minimum atomic E-state index is 0.131. The van der Waals surface area contributed by atoms with Crippen molar-refractivity contribution in [1.82, 2.24) is 9.55 Å². The van der Waals surface area contributed by atoms with E-state index in [1.807, 2.05) is 31.2 Å². The predicted octanol–water partition coefficient (Wildman–Crippen LogP) is 4.24. The second kappa shape index (κ2) is 8.49. The molecule has 0 aliphatic heterocycles. The molecule has 0 saturated heterocycles. The van der Waals surface area contributed by atoms with Gasteiger partial charge in [-0.25, -0.2) is 4.98 Å². The number of hydrogen-bond donors (Lipinski definition) is 0. The van der Waals surface area contributed by atoms with E-state index in [4.69, 9.17) is 4.74 Å². The Balaban J connectivity index is 2.04. The molecule has 0 radical (unpaired) electrons. The van der Waals surface area contributed by atoms with E-state index < -0.39 is 0 Å². The number of ether oxygens (including phenoxy) is 1. The number of imidazole rings is 1. The van der Waals surface area contributed by atoms with Gasteiger partial charge in [-0.15, -0.1) is 0 Å². The fourth-order valence-electron chi connectivity index (χ4n) is 2.45. The van der Waals surface area contributed by atoms with Crippen molar-refractivity contribution in [2.24, 2.45) is 0 Å². The molecule has 5 heteroatoms. The molecule has 0 aliphatic carbocycles.